The topological polar surface area (TPSA) is 35.7 Å². The van der Waals surface area contributed by atoms with E-state index in [2.05, 4.69) is 28.8 Å². The molecule has 0 aromatic carbocycles. The molecule has 4 heteroatoms. The average Bonchev–Trinajstić information content (AvgIpc) is 2.74. The van der Waals surface area contributed by atoms with Crippen LogP contribution in [0.15, 0.2) is 0 Å². The molecule has 4 nitrogen and oxygen atoms in total. The Labute approximate surface area is 112 Å². The first-order valence-corrected chi connectivity index (χ1v) is 7.48. The van der Waals surface area contributed by atoms with Crippen LogP contribution in [0.5, 0.6) is 0 Å². The normalized spacial score (nSPS) is 31.3. The fraction of sp³-hybridized carbons (Fsp3) is 1.00. The molecule has 1 saturated carbocycles. The molecule has 0 spiro atoms. The minimum Gasteiger partial charge on any atom is -0.328 e. The smallest absolute Gasteiger partial charge is 0.0110 e. The molecule has 2 rings (SSSR count). The molecule has 1 saturated heterocycles. The Hall–Kier alpha value is -0.160. The summed E-state index contributed by atoms with van der Waals surface area (Å²) in [7, 11) is 4.30. The van der Waals surface area contributed by atoms with Gasteiger partial charge in [0.05, 0.1) is 0 Å². The molecule has 2 atom stereocenters. The Morgan fingerprint density at radius 2 is 1.72 bits per heavy atom. The molecule has 0 bridgehead atoms. The van der Waals surface area contributed by atoms with Gasteiger partial charge in [0.25, 0.3) is 0 Å². The summed E-state index contributed by atoms with van der Waals surface area (Å²) < 4.78 is 0. The van der Waals surface area contributed by atoms with Crippen molar-refractivity contribution < 1.29 is 0 Å². The van der Waals surface area contributed by atoms with Crippen LogP contribution in [0, 0.1) is 5.92 Å². The Morgan fingerprint density at radius 3 is 2.28 bits per heavy atom. The lowest BCUT2D eigenvalue weighted by molar-refractivity contribution is 0.112. The van der Waals surface area contributed by atoms with Crippen LogP contribution in [0.4, 0.5) is 0 Å². The van der Waals surface area contributed by atoms with Gasteiger partial charge in [-0.2, -0.15) is 0 Å². The quantitative estimate of drug-likeness (QED) is 0.765. The van der Waals surface area contributed by atoms with Crippen molar-refractivity contribution in [1.82, 2.24) is 14.7 Å². The third kappa shape index (κ3) is 4.50. The van der Waals surface area contributed by atoms with Crippen LogP contribution in [-0.4, -0.2) is 80.7 Å². The van der Waals surface area contributed by atoms with Gasteiger partial charge in [-0.3, -0.25) is 4.90 Å². The highest BCUT2D eigenvalue weighted by atomic mass is 15.3. The number of nitrogens with two attached hydrogens (primary N) is 1. The summed E-state index contributed by atoms with van der Waals surface area (Å²) in [6.45, 7) is 8.67. The van der Waals surface area contributed by atoms with E-state index in [0.717, 1.165) is 5.92 Å². The lowest BCUT2D eigenvalue weighted by atomic mass is 10.1. The molecule has 1 heterocycles. The molecule has 1 aliphatic heterocycles. The molecule has 106 valence electrons. The van der Waals surface area contributed by atoms with Crippen molar-refractivity contribution in [3.8, 4) is 0 Å². The van der Waals surface area contributed by atoms with Crippen LogP contribution in [0.1, 0.15) is 19.3 Å². The van der Waals surface area contributed by atoms with E-state index in [1.807, 2.05) is 0 Å². The van der Waals surface area contributed by atoms with Crippen molar-refractivity contribution in [2.75, 3.05) is 59.9 Å². The van der Waals surface area contributed by atoms with Crippen molar-refractivity contribution in [2.45, 2.75) is 25.3 Å². The maximum Gasteiger partial charge on any atom is 0.0110 e. The van der Waals surface area contributed by atoms with E-state index in [-0.39, 0.29) is 0 Å². The van der Waals surface area contributed by atoms with Gasteiger partial charge in [0, 0.05) is 51.9 Å². The van der Waals surface area contributed by atoms with E-state index in [1.165, 1.54) is 65.1 Å². The molecule has 0 amide bonds. The van der Waals surface area contributed by atoms with E-state index < -0.39 is 0 Å². The van der Waals surface area contributed by atoms with Gasteiger partial charge in [-0.15, -0.1) is 0 Å². The van der Waals surface area contributed by atoms with E-state index in [9.17, 15) is 0 Å². The Balaban J connectivity index is 1.61. The molecular formula is C14H30N4. The van der Waals surface area contributed by atoms with E-state index in [0.29, 0.717) is 6.04 Å². The molecule has 0 radical (unpaired) electrons. The number of nitrogens with zero attached hydrogens (tertiary/aromatic N) is 3. The summed E-state index contributed by atoms with van der Waals surface area (Å²) in [5.41, 5.74) is 5.99. The zero-order valence-electron chi connectivity index (χ0n) is 12.1. The minimum absolute atomic E-state index is 0.483. The molecule has 2 N–H and O–H groups in total. The van der Waals surface area contributed by atoms with Crippen molar-refractivity contribution in [3.05, 3.63) is 0 Å². The van der Waals surface area contributed by atoms with E-state index >= 15 is 0 Å². The zero-order chi connectivity index (χ0) is 13.0. The van der Waals surface area contributed by atoms with Gasteiger partial charge in [0.2, 0.25) is 0 Å². The predicted octanol–water partition coefficient (Wildman–Crippen LogP) is 0.293. The highest BCUT2D eigenvalue weighted by Crippen LogP contribution is 2.25. The number of piperazine rings is 1. The van der Waals surface area contributed by atoms with Gasteiger partial charge in [-0.05, 0) is 39.3 Å². The van der Waals surface area contributed by atoms with Gasteiger partial charge in [-0.25, -0.2) is 0 Å². The first-order valence-electron chi connectivity index (χ1n) is 7.48. The van der Waals surface area contributed by atoms with Crippen LogP contribution >= 0.6 is 0 Å². The minimum atomic E-state index is 0.483. The van der Waals surface area contributed by atoms with Crippen molar-refractivity contribution >= 4 is 0 Å². The molecule has 0 aromatic heterocycles. The molecular weight excluding hydrogens is 224 g/mol. The molecule has 18 heavy (non-hydrogen) atoms. The summed E-state index contributed by atoms with van der Waals surface area (Å²) >= 11 is 0. The van der Waals surface area contributed by atoms with Crippen LogP contribution in [0.2, 0.25) is 0 Å². The van der Waals surface area contributed by atoms with E-state index in [4.69, 9.17) is 5.73 Å². The molecule has 2 unspecified atom stereocenters. The van der Waals surface area contributed by atoms with Crippen molar-refractivity contribution in [2.24, 2.45) is 11.7 Å². The third-order valence-electron chi connectivity index (χ3n) is 4.43. The standard InChI is InChI=1S/C14H30N4/c1-16(2)5-6-17-7-9-18(10-8-17)12-13-3-4-14(15)11-13/h13-14H,3-12,15H2,1-2H3. The second-order valence-corrected chi connectivity index (χ2v) is 6.38. The van der Waals surface area contributed by atoms with Crippen LogP contribution in [0.3, 0.4) is 0 Å². The first-order chi connectivity index (χ1) is 8.63. The lowest BCUT2D eigenvalue weighted by Crippen LogP contribution is -2.49. The highest BCUT2D eigenvalue weighted by molar-refractivity contribution is 4.82. The number of hydrogen-bond donors (Lipinski definition) is 1. The zero-order valence-corrected chi connectivity index (χ0v) is 12.1. The fourth-order valence-electron chi connectivity index (χ4n) is 3.18. The maximum atomic E-state index is 5.99. The Bertz CT molecular complexity index is 236. The summed E-state index contributed by atoms with van der Waals surface area (Å²) in [6, 6.07) is 0.483. The van der Waals surface area contributed by atoms with Gasteiger partial charge >= 0.3 is 0 Å². The first kappa shape index (κ1) is 14.3. The molecule has 2 fully saturated rings. The molecule has 2 aliphatic rings. The molecule has 0 aromatic rings. The van der Waals surface area contributed by atoms with Crippen LogP contribution in [-0.2, 0) is 0 Å². The van der Waals surface area contributed by atoms with Gasteiger partial charge in [-0.1, -0.05) is 0 Å². The average molecular weight is 254 g/mol. The maximum absolute atomic E-state index is 5.99. The second-order valence-electron chi connectivity index (χ2n) is 6.38. The summed E-state index contributed by atoms with van der Waals surface area (Å²) in [5.74, 6) is 0.869. The molecule has 1 aliphatic carbocycles. The number of hydrogen-bond acceptors (Lipinski definition) is 4. The summed E-state index contributed by atoms with van der Waals surface area (Å²) in [6.07, 6.45) is 3.84. The lowest BCUT2D eigenvalue weighted by Gasteiger charge is -2.36. The van der Waals surface area contributed by atoms with Crippen molar-refractivity contribution in [3.63, 3.8) is 0 Å². The Kier molecular flexibility index (Phi) is 5.42. The number of rotatable bonds is 5. The second kappa shape index (κ2) is 6.85. The van der Waals surface area contributed by atoms with Crippen LogP contribution < -0.4 is 5.73 Å². The Morgan fingerprint density at radius 1 is 1.06 bits per heavy atom. The van der Waals surface area contributed by atoms with Gasteiger partial charge in [0.15, 0.2) is 0 Å². The SMILES string of the molecule is CN(C)CCN1CCN(CC2CCC(N)C2)CC1. The van der Waals surface area contributed by atoms with E-state index in [1.54, 1.807) is 0 Å². The predicted molar refractivity (Wildman–Crippen MR) is 76.8 cm³/mol. The fourth-order valence-corrected chi connectivity index (χ4v) is 3.18. The largest absolute Gasteiger partial charge is 0.328 e. The number of likely N-dealkylation sites (N-methyl/N-ethyl adjacent to an activating group) is 1. The van der Waals surface area contributed by atoms with Gasteiger partial charge < -0.3 is 15.5 Å². The monoisotopic (exact) mass is 254 g/mol. The third-order valence-corrected chi connectivity index (χ3v) is 4.43. The van der Waals surface area contributed by atoms with Crippen molar-refractivity contribution in [1.29, 1.82) is 0 Å². The summed E-state index contributed by atoms with van der Waals surface area (Å²) in [4.78, 5) is 7.51. The van der Waals surface area contributed by atoms with Crippen LogP contribution in [0.25, 0.3) is 0 Å². The highest BCUT2D eigenvalue weighted by Gasteiger charge is 2.25. The summed E-state index contributed by atoms with van der Waals surface area (Å²) in [5, 5.41) is 0. The van der Waals surface area contributed by atoms with Gasteiger partial charge in [0.1, 0.15) is 0 Å².